The molecule has 3 fully saturated rings. The number of nitrogens with zero attached hydrogens (tertiary/aromatic N) is 1. The van der Waals surface area contributed by atoms with E-state index in [1.807, 2.05) is 11.8 Å². The Morgan fingerprint density at radius 3 is 2.35 bits per heavy atom. The summed E-state index contributed by atoms with van der Waals surface area (Å²) in [5, 5.41) is 3.18. The molecule has 3 rings (SSSR count). The Morgan fingerprint density at radius 2 is 1.74 bits per heavy atom. The molecule has 1 aliphatic heterocycles. The first kappa shape index (κ1) is 21.4. The Bertz CT molecular complexity index is 355. The Labute approximate surface area is 156 Å². The summed E-state index contributed by atoms with van der Waals surface area (Å²) in [7, 11) is 0. The third kappa shape index (κ3) is 5.67. The van der Waals surface area contributed by atoms with E-state index in [9.17, 15) is 4.79 Å². The number of nitrogens with one attached hydrogen (secondary N) is 1. The number of carbonyl (C=O) groups excluding carboxylic acids is 1. The molecule has 0 aromatic carbocycles. The molecular formula is C16H31Cl2N3OS. The maximum Gasteiger partial charge on any atom is 0.223 e. The number of fused-ring (bicyclic) bond motifs is 2. The van der Waals surface area contributed by atoms with Crippen LogP contribution in [-0.4, -0.2) is 54.5 Å². The molecule has 1 heterocycles. The van der Waals surface area contributed by atoms with Gasteiger partial charge in [0.25, 0.3) is 0 Å². The zero-order chi connectivity index (χ0) is 14.7. The zero-order valence-electron chi connectivity index (χ0n) is 13.7. The van der Waals surface area contributed by atoms with Gasteiger partial charge in [-0.15, -0.1) is 24.8 Å². The van der Waals surface area contributed by atoms with Crippen LogP contribution in [0.5, 0.6) is 0 Å². The molecule has 23 heavy (non-hydrogen) atoms. The van der Waals surface area contributed by atoms with Crippen molar-refractivity contribution in [2.45, 2.75) is 38.1 Å². The summed E-state index contributed by atoms with van der Waals surface area (Å²) in [5.41, 5.74) is 6.30. The van der Waals surface area contributed by atoms with Crippen molar-refractivity contribution < 1.29 is 4.79 Å². The van der Waals surface area contributed by atoms with Crippen molar-refractivity contribution >= 4 is 42.5 Å². The smallest absolute Gasteiger partial charge is 0.223 e. The fraction of sp³-hybridized carbons (Fsp3) is 0.938. The van der Waals surface area contributed by atoms with Crippen LogP contribution >= 0.6 is 36.6 Å². The van der Waals surface area contributed by atoms with Gasteiger partial charge in [0.05, 0.1) is 0 Å². The van der Waals surface area contributed by atoms with E-state index in [1.54, 1.807) is 0 Å². The number of nitrogens with two attached hydrogens (primary N) is 1. The minimum atomic E-state index is 0. The monoisotopic (exact) mass is 383 g/mol. The van der Waals surface area contributed by atoms with Crippen LogP contribution in [0.15, 0.2) is 0 Å². The van der Waals surface area contributed by atoms with Crippen molar-refractivity contribution in [2.75, 3.05) is 37.7 Å². The lowest BCUT2D eigenvalue weighted by atomic mass is 9.65. The van der Waals surface area contributed by atoms with Crippen LogP contribution in [-0.2, 0) is 4.79 Å². The van der Waals surface area contributed by atoms with Gasteiger partial charge in [0.2, 0.25) is 5.91 Å². The first-order valence-corrected chi connectivity index (χ1v) is 9.73. The van der Waals surface area contributed by atoms with Crippen molar-refractivity contribution in [1.82, 2.24) is 10.2 Å². The van der Waals surface area contributed by atoms with Crippen LogP contribution in [0.1, 0.15) is 32.1 Å². The second-order valence-corrected chi connectivity index (χ2v) is 8.17. The minimum absolute atomic E-state index is 0. The molecule has 2 aliphatic carbocycles. The van der Waals surface area contributed by atoms with Crippen LogP contribution in [0.3, 0.4) is 0 Å². The van der Waals surface area contributed by atoms with Gasteiger partial charge in [-0.1, -0.05) is 6.42 Å². The van der Waals surface area contributed by atoms with E-state index in [0.717, 1.165) is 25.9 Å². The summed E-state index contributed by atoms with van der Waals surface area (Å²) in [6.45, 7) is 4.15. The van der Waals surface area contributed by atoms with Gasteiger partial charge in [0.1, 0.15) is 0 Å². The number of hydrogen-bond acceptors (Lipinski definition) is 4. The average molecular weight is 384 g/mol. The van der Waals surface area contributed by atoms with E-state index in [-0.39, 0.29) is 36.6 Å². The Balaban J connectivity index is 0.00000132. The highest BCUT2D eigenvalue weighted by atomic mass is 35.5. The second-order valence-electron chi connectivity index (χ2n) is 6.94. The topological polar surface area (TPSA) is 58.4 Å². The number of rotatable bonds is 4. The van der Waals surface area contributed by atoms with Gasteiger partial charge in [0.15, 0.2) is 0 Å². The van der Waals surface area contributed by atoms with Crippen LogP contribution in [0, 0.1) is 17.8 Å². The van der Waals surface area contributed by atoms with E-state index in [2.05, 4.69) is 10.2 Å². The summed E-state index contributed by atoms with van der Waals surface area (Å²) in [6.07, 6.45) is 5.80. The summed E-state index contributed by atoms with van der Waals surface area (Å²) < 4.78 is 0. The fourth-order valence-corrected chi connectivity index (χ4v) is 5.29. The fourth-order valence-electron chi connectivity index (χ4n) is 4.31. The van der Waals surface area contributed by atoms with Crippen molar-refractivity contribution in [3.05, 3.63) is 0 Å². The number of thioether (sulfide) groups is 1. The lowest BCUT2D eigenvalue weighted by Gasteiger charge is -2.43. The Hall–Kier alpha value is 0.320. The van der Waals surface area contributed by atoms with E-state index in [0.29, 0.717) is 17.9 Å². The normalized spacial score (nSPS) is 34.0. The molecule has 136 valence electrons. The molecule has 7 heteroatoms. The van der Waals surface area contributed by atoms with Crippen molar-refractivity contribution in [2.24, 2.45) is 23.5 Å². The number of carbonyl (C=O) groups is 1. The highest BCUT2D eigenvalue weighted by Crippen LogP contribution is 2.41. The molecule has 3 aliphatic rings. The summed E-state index contributed by atoms with van der Waals surface area (Å²) in [4.78, 5) is 14.9. The minimum Gasteiger partial charge on any atom is -0.355 e. The van der Waals surface area contributed by atoms with Crippen LogP contribution in [0.4, 0.5) is 0 Å². The molecule has 1 amide bonds. The largest absolute Gasteiger partial charge is 0.355 e. The second kappa shape index (κ2) is 10.3. The third-order valence-corrected chi connectivity index (χ3v) is 6.56. The Morgan fingerprint density at radius 1 is 1.13 bits per heavy atom. The molecule has 3 N–H and O–H groups in total. The highest BCUT2D eigenvalue weighted by Gasteiger charge is 2.40. The standard InChI is InChI=1S/C16H29N3OS.2ClH/c17-15-12-2-1-3-13(15)11-14(10-12)16(20)18-4-5-19-6-8-21-9-7-19;;/h12-15H,1-11,17H2,(H,18,20);2*1H. The molecule has 0 radical (unpaired) electrons. The summed E-state index contributed by atoms with van der Waals surface area (Å²) in [6, 6.07) is 0.355. The third-order valence-electron chi connectivity index (χ3n) is 5.61. The maximum absolute atomic E-state index is 12.4. The van der Waals surface area contributed by atoms with E-state index in [1.165, 1.54) is 43.9 Å². The molecule has 0 spiro atoms. The van der Waals surface area contributed by atoms with Crippen LogP contribution in [0.25, 0.3) is 0 Å². The van der Waals surface area contributed by atoms with Gasteiger partial charge in [-0.05, 0) is 37.5 Å². The molecule has 2 saturated carbocycles. The van der Waals surface area contributed by atoms with Gasteiger partial charge in [-0.2, -0.15) is 11.8 Å². The molecule has 1 saturated heterocycles. The summed E-state index contributed by atoms with van der Waals surface area (Å²) in [5.74, 6) is 4.15. The predicted molar refractivity (Wildman–Crippen MR) is 103 cm³/mol. The van der Waals surface area contributed by atoms with E-state index < -0.39 is 0 Å². The molecule has 2 atom stereocenters. The SMILES string of the molecule is Cl.Cl.NC1C2CCCC1CC(C(=O)NCCN1CCSCC1)C2. The van der Waals surface area contributed by atoms with E-state index in [4.69, 9.17) is 5.73 Å². The van der Waals surface area contributed by atoms with Crippen LogP contribution in [0.2, 0.25) is 0 Å². The van der Waals surface area contributed by atoms with Crippen molar-refractivity contribution in [1.29, 1.82) is 0 Å². The van der Waals surface area contributed by atoms with E-state index >= 15 is 0 Å². The molecule has 2 bridgehead atoms. The quantitative estimate of drug-likeness (QED) is 0.780. The molecule has 0 aromatic rings. The number of amides is 1. The highest BCUT2D eigenvalue weighted by molar-refractivity contribution is 7.99. The maximum atomic E-state index is 12.4. The molecule has 2 unspecified atom stereocenters. The average Bonchev–Trinajstić information content (AvgIpc) is 2.48. The van der Waals surface area contributed by atoms with Gasteiger partial charge < -0.3 is 11.1 Å². The van der Waals surface area contributed by atoms with Gasteiger partial charge in [-0.25, -0.2) is 0 Å². The first-order chi connectivity index (χ1) is 10.2. The van der Waals surface area contributed by atoms with Crippen LogP contribution < -0.4 is 11.1 Å². The Kier molecular flexibility index (Phi) is 9.61. The van der Waals surface area contributed by atoms with Gasteiger partial charge >= 0.3 is 0 Å². The predicted octanol–water partition coefficient (Wildman–Crippen LogP) is 2.15. The summed E-state index contributed by atoms with van der Waals surface area (Å²) >= 11 is 2.03. The number of hydrogen-bond donors (Lipinski definition) is 2. The lowest BCUT2D eigenvalue weighted by Crippen LogP contribution is -2.49. The molecular weight excluding hydrogens is 353 g/mol. The zero-order valence-corrected chi connectivity index (χ0v) is 16.2. The molecule has 0 aromatic heterocycles. The first-order valence-electron chi connectivity index (χ1n) is 8.57. The van der Waals surface area contributed by atoms with Gasteiger partial charge in [0, 0.05) is 49.6 Å². The molecule has 4 nitrogen and oxygen atoms in total. The van der Waals surface area contributed by atoms with Gasteiger partial charge in [-0.3, -0.25) is 9.69 Å². The van der Waals surface area contributed by atoms with Crippen molar-refractivity contribution in [3.63, 3.8) is 0 Å². The van der Waals surface area contributed by atoms with Crippen molar-refractivity contribution in [3.8, 4) is 0 Å². The number of halogens is 2. The lowest BCUT2D eigenvalue weighted by molar-refractivity contribution is -0.127.